The van der Waals surface area contributed by atoms with Crippen LogP contribution in [0.1, 0.15) is 24.3 Å². The third-order valence-corrected chi connectivity index (χ3v) is 3.48. The van der Waals surface area contributed by atoms with Gasteiger partial charge in [-0.3, -0.25) is 0 Å². The maximum Gasteiger partial charge on any atom is 0.217 e. The van der Waals surface area contributed by atoms with Crippen molar-refractivity contribution in [2.45, 2.75) is 24.9 Å². The molecule has 17 heavy (non-hydrogen) atoms. The summed E-state index contributed by atoms with van der Waals surface area (Å²) in [5.41, 5.74) is 1.25. The molecule has 0 atom stereocenters. The average Bonchev–Trinajstić information content (AvgIpc) is 2.35. The fraction of sp³-hybridized carbons (Fsp3) is 0.615. The van der Waals surface area contributed by atoms with Gasteiger partial charge < -0.3 is 14.8 Å². The highest BCUT2D eigenvalue weighted by atomic mass is 16.5. The molecule has 1 aromatic heterocycles. The fourth-order valence-corrected chi connectivity index (χ4v) is 2.32. The van der Waals surface area contributed by atoms with Crippen LogP contribution in [0.15, 0.2) is 18.3 Å². The first kappa shape index (κ1) is 11.0. The van der Waals surface area contributed by atoms with Crippen molar-refractivity contribution in [1.29, 1.82) is 0 Å². The van der Waals surface area contributed by atoms with Crippen molar-refractivity contribution in [2.24, 2.45) is 0 Å². The van der Waals surface area contributed by atoms with Crippen LogP contribution >= 0.6 is 0 Å². The van der Waals surface area contributed by atoms with Crippen molar-refractivity contribution in [2.75, 3.05) is 26.3 Å². The van der Waals surface area contributed by atoms with Crippen LogP contribution < -0.4 is 10.1 Å². The highest BCUT2D eigenvalue weighted by Gasteiger charge is 2.24. The summed E-state index contributed by atoms with van der Waals surface area (Å²) in [6, 6.07) is 4.14. The van der Waals surface area contributed by atoms with Crippen LogP contribution in [0.3, 0.4) is 0 Å². The summed E-state index contributed by atoms with van der Waals surface area (Å²) >= 11 is 0. The molecule has 2 aliphatic heterocycles. The van der Waals surface area contributed by atoms with Crippen LogP contribution in [0.25, 0.3) is 0 Å². The summed E-state index contributed by atoms with van der Waals surface area (Å²) in [4.78, 5) is 4.38. The quantitative estimate of drug-likeness (QED) is 0.856. The van der Waals surface area contributed by atoms with Crippen LogP contribution in [0, 0.1) is 0 Å². The summed E-state index contributed by atoms with van der Waals surface area (Å²) in [5.74, 6) is 1.37. The Balaban J connectivity index is 1.76. The molecule has 0 bridgehead atoms. The van der Waals surface area contributed by atoms with E-state index >= 15 is 0 Å². The van der Waals surface area contributed by atoms with Crippen LogP contribution in [-0.2, 0) is 4.74 Å². The van der Waals surface area contributed by atoms with E-state index in [-0.39, 0.29) is 0 Å². The number of nitrogens with zero attached hydrogens (tertiary/aromatic N) is 1. The molecule has 1 N–H and O–H groups in total. The molecule has 4 nitrogen and oxygen atoms in total. The van der Waals surface area contributed by atoms with Crippen molar-refractivity contribution in [3.8, 4) is 5.88 Å². The van der Waals surface area contributed by atoms with Crippen molar-refractivity contribution in [3.63, 3.8) is 0 Å². The molecule has 0 unspecified atom stereocenters. The Kier molecular flexibility index (Phi) is 3.25. The van der Waals surface area contributed by atoms with Gasteiger partial charge in [-0.05, 0) is 24.8 Å². The van der Waals surface area contributed by atoms with Crippen molar-refractivity contribution >= 4 is 0 Å². The van der Waals surface area contributed by atoms with E-state index < -0.39 is 0 Å². The monoisotopic (exact) mass is 234 g/mol. The third kappa shape index (κ3) is 2.42. The Bertz CT molecular complexity index is 373. The highest BCUT2D eigenvalue weighted by Crippen LogP contribution is 2.32. The second-order valence-corrected chi connectivity index (χ2v) is 4.68. The van der Waals surface area contributed by atoms with Gasteiger partial charge in [-0.2, -0.15) is 0 Å². The maximum atomic E-state index is 5.92. The minimum absolute atomic E-state index is 0.295. The fourth-order valence-electron chi connectivity index (χ4n) is 2.32. The minimum Gasteiger partial charge on any atom is -0.471 e. The molecule has 0 aromatic carbocycles. The molecular weight excluding hydrogens is 216 g/mol. The first-order valence-electron chi connectivity index (χ1n) is 6.33. The molecule has 4 heteroatoms. The summed E-state index contributed by atoms with van der Waals surface area (Å²) in [6.07, 6.45) is 4.25. The largest absolute Gasteiger partial charge is 0.471 e. The highest BCUT2D eigenvalue weighted by molar-refractivity contribution is 5.30. The van der Waals surface area contributed by atoms with Gasteiger partial charge in [0.25, 0.3) is 0 Å². The van der Waals surface area contributed by atoms with E-state index in [2.05, 4.69) is 16.4 Å². The second-order valence-electron chi connectivity index (χ2n) is 4.68. The van der Waals surface area contributed by atoms with Gasteiger partial charge in [-0.25, -0.2) is 4.98 Å². The van der Waals surface area contributed by atoms with E-state index in [0.717, 1.165) is 45.0 Å². The van der Waals surface area contributed by atoms with Gasteiger partial charge in [0, 0.05) is 38.1 Å². The molecule has 3 heterocycles. The molecule has 1 aromatic rings. The van der Waals surface area contributed by atoms with Crippen LogP contribution in [0.4, 0.5) is 0 Å². The zero-order valence-electron chi connectivity index (χ0n) is 9.89. The lowest BCUT2D eigenvalue weighted by Gasteiger charge is -2.30. The topological polar surface area (TPSA) is 43.4 Å². The van der Waals surface area contributed by atoms with E-state index in [4.69, 9.17) is 9.47 Å². The normalized spacial score (nSPS) is 22.1. The van der Waals surface area contributed by atoms with Crippen molar-refractivity contribution in [1.82, 2.24) is 10.3 Å². The standard InChI is InChI=1S/C13H18N2O2/c1-2-12(10-3-6-16-7-4-10)13(15-5-1)17-11-8-14-9-11/h1-2,5,10-11,14H,3-4,6-9H2. The Hall–Kier alpha value is -1.13. The summed E-state index contributed by atoms with van der Waals surface area (Å²) in [6.45, 7) is 3.57. The molecule has 0 saturated carbocycles. The predicted octanol–water partition coefficient (Wildman–Crippen LogP) is 1.33. The summed E-state index contributed by atoms with van der Waals surface area (Å²) in [7, 11) is 0. The number of pyridine rings is 1. The van der Waals surface area contributed by atoms with Gasteiger partial charge in [0.2, 0.25) is 5.88 Å². The van der Waals surface area contributed by atoms with Gasteiger partial charge in [0.1, 0.15) is 6.10 Å². The van der Waals surface area contributed by atoms with Crippen LogP contribution in [0.5, 0.6) is 5.88 Å². The van der Waals surface area contributed by atoms with Gasteiger partial charge >= 0.3 is 0 Å². The SMILES string of the molecule is c1cnc(OC2CNC2)c(C2CCOCC2)c1. The first-order valence-corrected chi connectivity index (χ1v) is 6.33. The minimum atomic E-state index is 0.295. The smallest absolute Gasteiger partial charge is 0.217 e. The van der Waals surface area contributed by atoms with Crippen LogP contribution in [0.2, 0.25) is 0 Å². The van der Waals surface area contributed by atoms with E-state index in [0.29, 0.717) is 12.0 Å². The zero-order valence-corrected chi connectivity index (χ0v) is 9.89. The molecule has 3 rings (SSSR count). The Morgan fingerprint density at radius 2 is 2.12 bits per heavy atom. The van der Waals surface area contributed by atoms with E-state index in [1.165, 1.54) is 5.56 Å². The Morgan fingerprint density at radius 1 is 1.29 bits per heavy atom. The molecule has 2 fully saturated rings. The van der Waals surface area contributed by atoms with Crippen LogP contribution in [-0.4, -0.2) is 37.4 Å². The number of ether oxygens (including phenoxy) is 2. The lowest BCUT2D eigenvalue weighted by molar-refractivity contribution is 0.0825. The Labute approximate surface area is 101 Å². The number of hydrogen-bond donors (Lipinski definition) is 1. The van der Waals surface area contributed by atoms with Gasteiger partial charge in [0.15, 0.2) is 0 Å². The molecule has 0 radical (unpaired) electrons. The second kappa shape index (κ2) is 5.02. The maximum absolute atomic E-state index is 5.92. The Morgan fingerprint density at radius 3 is 2.82 bits per heavy atom. The molecule has 92 valence electrons. The first-order chi connectivity index (χ1) is 8.43. The lowest BCUT2D eigenvalue weighted by Crippen LogP contribution is -2.50. The number of aromatic nitrogens is 1. The molecule has 0 spiro atoms. The third-order valence-electron chi connectivity index (χ3n) is 3.48. The molecule has 2 saturated heterocycles. The van der Waals surface area contributed by atoms with E-state index in [1.807, 2.05) is 12.3 Å². The van der Waals surface area contributed by atoms with E-state index in [9.17, 15) is 0 Å². The molecule has 0 aliphatic carbocycles. The number of hydrogen-bond acceptors (Lipinski definition) is 4. The van der Waals surface area contributed by atoms with Gasteiger partial charge in [-0.1, -0.05) is 6.07 Å². The molecular formula is C13H18N2O2. The van der Waals surface area contributed by atoms with Crippen molar-refractivity contribution in [3.05, 3.63) is 23.9 Å². The van der Waals surface area contributed by atoms with E-state index in [1.54, 1.807) is 0 Å². The lowest BCUT2D eigenvalue weighted by atomic mass is 9.92. The predicted molar refractivity (Wildman–Crippen MR) is 64.3 cm³/mol. The van der Waals surface area contributed by atoms with Gasteiger partial charge in [0.05, 0.1) is 0 Å². The zero-order chi connectivity index (χ0) is 11.5. The number of nitrogens with one attached hydrogen (secondary N) is 1. The summed E-state index contributed by atoms with van der Waals surface area (Å²) < 4.78 is 11.3. The molecule has 2 aliphatic rings. The molecule has 0 amide bonds. The average molecular weight is 234 g/mol. The summed E-state index contributed by atoms with van der Waals surface area (Å²) in [5, 5.41) is 3.21. The number of rotatable bonds is 3. The van der Waals surface area contributed by atoms with Gasteiger partial charge in [-0.15, -0.1) is 0 Å². The van der Waals surface area contributed by atoms with Crippen molar-refractivity contribution < 1.29 is 9.47 Å².